The van der Waals surface area contributed by atoms with Gasteiger partial charge in [0.05, 0.1) is 6.54 Å². The number of nitrogen functional groups attached to an aromatic ring is 2. The lowest BCUT2D eigenvalue weighted by molar-refractivity contribution is 0.331. The molecule has 3 heterocycles. The molecule has 3 aromatic rings. The molecule has 0 saturated carbocycles. The number of ether oxygens (including phenoxy) is 1. The standard InChI is InChI=1S/C22H27N7O3S/c1-12(2)19-13(3)27-22(24)28-21(19)29-6-7-32-17-5-4-14(8-16(17)11-29)15-9-18(33(25,30)31)20(23)26-10-15/h4-5,8-10,12H,6-7,11H2,1-3H3,(H2,23,26)(H2,24,27,28)(H2,25,30,31). The van der Waals surface area contributed by atoms with Crippen LogP contribution in [0.3, 0.4) is 0 Å². The summed E-state index contributed by atoms with van der Waals surface area (Å²) >= 11 is 0. The van der Waals surface area contributed by atoms with E-state index in [1.807, 2.05) is 25.1 Å². The summed E-state index contributed by atoms with van der Waals surface area (Å²) in [4.78, 5) is 14.8. The molecule has 2 aromatic heterocycles. The van der Waals surface area contributed by atoms with E-state index < -0.39 is 10.0 Å². The number of anilines is 3. The van der Waals surface area contributed by atoms with Crippen molar-refractivity contribution in [3.63, 3.8) is 0 Å². The number of primary sulfonamides is 1. The minimum atomic E-state index is -4.00. The summed E-state index contributed by atoms with van der Waals surface area (Å²) in [5, 5.41) is 5.28. The number of nitrogens with zero attached hydrogens (tertiary/aromatic N) is 4. The van der Waals surface area contributed by atoms with Gasteiger partial charge in [-0.2, -0.15) is 4.98 Å². The van der Waals surface area contributed by atoms with Crippen molar-refractivity contribution < 1.29 is 13.2 Å². The van der Waals surface area contributed by atoms with Gasteiger partial charge in [0.15, 0.2) is 0 Å². The largest absolute Gasteiger partial charge is 0.491 e. The van der Waals surface area contributed by atoms with Crippen LogP contribution in [0.4, 0.5) is 17.6 Å². The SMILES string of the molecule is Cc1nc(N)nc(N2CCOc3ccc(-c4cnc(N)c(S(N)(=O)=O)c4)cc3C2)c1C(C)C. The molecule has 4 rings (SSSR count). The molecule has 0 fully saturated rings. The Morgan fingerprint density at radius 2 is 1.88 bits per heavy atom. The van der Waals surface area contributed by atoms with Gasteiger partial charge in [-0.3, -0.25) is 0 Å². The fourth-order valence-corrected chi connectivity index (χ4v) is 4.74. The first-order chi connectivity index (χ1) is 15.5. The smallest absolute Gasteiger partial charge is 0.241 e. The lowest BCUT2D eigenvalue weighted by atomic mass is 10.0. The molecular weight excluding hydrogens is 442 g/mol. The number of hydrogen-bond acceptors (Lipinski definition) is 9. The van der Waals surface area contributed by atoms with Crippen molar-refractivity contribution in [3.8, 4) is 16.9 Å². The van der Waals surface area contributed by atoms with Gasteiger partial charge in [0.2, 0.25) is 16.0 Å². The normalized spacial score (nSPS) is 14.0. The van der Waals surface area contributed by atoms with Crippen molar-refractivity contribution in [2.24, 2.45) is 5.14 Å². The van der Waals surface area contributed by atoms with E-state index in [0.717, 1.165) is 34.0 Å². The summed E-state index contributed by atoms with van der Waals surface area (Å²) in [6.45, 7) is 7.77. The minimum absolute atomic E-state index is 0.136. The minimum Gasteiger partial charge on any atom is -0.491 e. The highest BCUT2D eigenvalue weighted by Crippen LogP contribution is 2.34. The lowest BCUT2D eigenvalue weighted by Crippen LogP contribution is -2.28. The van der Waals surface area contributed by atoms with E-state index in [0.29, 0.717) is 25.3 Å². The first-order valence-corrected chi connectivity index (χ1v) is 12.0. The van der Waals surface area contributed by atoms with Gasteiger partial charge < -0.3 is 21.1 Å². The van der Waals surface area contributed by atoms with E-state index in [-0.39, 0.29) is 22.6 Å². The van der Waals surface area contributed by atoms with Crippen LogP contribution in [0.1, 0.15) is 36.6 Å². The lowest BCUT2D eigenvalue weighted by Gasteiger charge is -2.26. The van der Waals surface area contributed by atoms with E-state index >= 15 is 0 Å². The van der Waals surface area contributed by atoms with Crippen molar-refractivity contribution in [1.82, 2.24) is 15.0 Å². The van der Waals surface area contributed by atoms with Crippen LogP contribution in [-0.4, -0.2) is 36.5 Å². The number of benzene rings is 1. The van der Waals surface area contributed by atoms with E-state index in [1.54, 1.807) is 0 Å². The third-order valence-electron chi connectivity index (χ3n) is 5.57. The van der Waals surface area contributed by atoms with Crippen LogP contribution < -0.4 is 26.2 Å². The topological polar surface area (TPSA) is 163 Å². The molecule has 0 bridgehead atoms. The van der Waals surface area contributed by atoms with Crippen LogP contribution in [0.15, 0.2) is 35.4 Å². The van der Waals surface area contributed by atoms with E-state index in [9.17, 15) is 8.42 Å². The summed E-state index contributed by atoms with van der Waals surface area (Å²) < 4.78 is 29.7. The average molecular weight is 470 g/mol. The Balaban J connectivity index is 1.76. The van der Waals surface area contributed by atoms with Crippen molar-refractivity contribution in [2.75, 3.05) is 29.5 Å². The number of sulfonamides is 1. The second-order valence-electron chi connectivity index (χ2n) is 8.30. The Hall–Kier alpha value is -3.44. The highest BCUT2D eigenvalue weighted by molar-refractivity contribution is 7.89. The molecule has 0 atom stereocenters. The number of hydrogen-bond donors (Lipinski definition) is 3. The fourth-order valence-electron chi connectivity index (χ4n) is 4.10. The van der Waals surface area contributed by atoms with E-state index in [2.05, 4.69) is 33.7 Å². The van der Waals surface area contributed by atoms with Crippen LogP contribution >= 0.6 is 0 Å². The predicted octanol–water partition coefficient (Wildman–Crippen LogP) is 2.18. The van der Waals surface area contributed by atoms with Gasteiger partial charge in [0, 0.05) is 35.1 Å². The Kier molecular flexibility index (Phi) is 5.85. The molecule has 0 aliphatic carbocycles. The quantitative estimate of drug-likeness (QED) is 0.519. The van der Waals surface area contributed by atoms with Gasteiger partial charge >= 0.3 is 0 Å². The summed E-state index contributed by atoms with van der Waals surface area (Å²) in [6, 6.07) is 7.09. The number of aryl methyl sites for hydroxylation is 1. The van der Waals surface area contributed by atoms with Gasteiger partial charge in [-0.1, -0.05) is 19.9 Å². The molecule has 0 unspecified atom stereocenters. The molecule has 0 spiro atoms. The molecule has 33 heavy (non-hydrogen) atoms. The molecular formula is C22H27N7O3S. The number of fused-ring (bicyclic) bond motifs is 1. The maximum atomic E-state index is 11.9. The summed E-state index contributed by atoms with van der Waals surface area (Å²) in [6.07, 6.45) is 1.52. The second-order valence-corrected chi connectivity index (χ2v) is 9.83. The first-order valence-electron chi connectivity index (χ1n) is 10.5. The third-order valence-corrected chi connectivity index (χ3v) is 6.51. The molecule has 6 N–H and O–H groups in total. The maximum absolute atomic E-state index is 11.9. The fraction of sp³-hybridized carbons (Fsp3) is 0.318. The van der Waals surface area contributed by atoms with Crippen molar-refractivity contribution in [1.29, 1.82) is 0 Å². The van der Waals surface area contributed by atoms with Crippen molar-refractivity contribution >= 4 is 27.6 Å². The first kappa shape index (κ1) is 22.7. The van der Waals surface area contributed by atoms with Crippen molar-refractivity contribution in [2.45, 2.75) is 38.1 Å². The average Bonchev–Trinajstić information content (AvgIpc) is 2.94. The van der Waals surface area contributed by atoms with Gasteiger partial charge in [-0.25, -0.2) is 23.5 Å². The molecule has 0 saturated heterocycles. The van der Waals surface area contributed by atoms with Crippen molar-refractivity contribution in [3.05, 3.63) is 47.3 Å². The molecule has 10 nitrogen and oxygen atoms in total. The summed E-state index contributed by atoms with van der Waals surface area (Å²) in [7, 11) is -4.00. The molecule has 1 aliphatic rings. The van der Waals surface area contributed by atoms with Crippen LogP contribution in [-0.2, 0) is 16.6 Å². The van der Waals surface area contributed by atoms with Gasteiger partial charge in [-0.15, -0.1) is 0 Å². The van der Waals surface area contributed by atoms with Crippen LogP contribution in [0.2, 0.25) is 0 Å². The number of rotatable bonds is 4. The Morgan fingerprint density at radius 3 is 2.58 bits per heavy atom. The molecule has 0 amide bonds. The zero-order valence-corrected chi connectivity index (χ0v) is 19.6. The summed E-state index contributed by atoms with van der Waals surface area (Å²) in [5.41, 5.74) is 15.9. The van der Waals surface area contributed by atoms with Gasteiger partial charge in [0.1, 0.15) is 28.9 Å². The highest BCUT2D eigenvalue weighted by Gasteiger charge is 2.23. The zero-order chi connectivity index (χ0) is 23.9. The molecule has 1 aromatic carbocycles. The monoisotopic (exact) mass is 469 g/mol. The number of pyridine rings is 1. The predicted molar refractivity (Wildman–Crippen MR) is 127 cm³/mol. The van der Waals surface area contributed by atoms with Crippen LogP contribution in [0.5, 0.6) is 5.75 Å². The molecule has 1 aliphatic heterocycles. The highest BCUT2D eigenvalue weighted by atomic mass is 32.2. The third kappa shape index (κ3) is 4.55. The maximum Gasteiger partial charge on any atom is 0.241 e. The number of aromatic nitrogens is 3. The van der Waals surface area contributed by atoms with Gasteiger partial charge in [0.25, 0.3) is 0 Å². The Labute approximate surface area is 192 Å². The molecule has 11 heteroatoms. The van der Waals surface area contributed by atoms with E-state index in [4.69, 9.17) is 21.3 Å². The van der Waals surface area contributed by atoms with Crippen LogP contribution in [0, 0.1) is 6.92 Å². The molecule has 174 valence electrons. The molecule has 0 radical (unpaired) electrons. The van der Waals surface area contributed by atoms with Gasteiger partial charge in [-0.05, 0) is 36.6 Å². The second kappa shape index (κ2) is 8.49. The van der Waals surface area contributed by atoms with E-state index in [1.165, 1.54) is 12.3 Å². The Morgan fingerprint density at radius 1 is 1.12 bits per heavy atom. The summed E-state index contributed by atoms with van der Waals surface area (Å²) in [5.74, 6) is 1.86. The number of nitrogens with two attached hydrogens (primary N) is 3. The Bertz CT molecular complexity index is 1330. The van der Waals surface area contributed by atoms with Crippen LogP contribution in [0.25, 0.3) is 11.1 Å². The zero-order valence-electron chi connectivity index (χ0n) is 18.7.